The Kier molecular flexibility index (Phi) is 54.1. The fraction of sp³-hybridized carbons (Fsp3) is 0.938. The lowest BCUT2D eigenvalue weighted by molar-refractivity contribution is -0.870. The van der Waals surface area contributed by atoms with E-state index in [4.69, 9.17) is 13.8 Å². The molecule has 0 aromatic carbocycles. The topological polar surface area (TPSA) is 111 Å². The number of esters is 1. The zero-order chi connectivity index (χ0) is 54.3. The van der Waals surface area contributed by atoms with Crippen molar-refractivity contribution in [2.75, 3.05) is 40.9 Å². The van der Waals surface area contributed by atoms with Crippen LogP contribution in [0.15, 0.2) is 12.2 Å². The predicted octanol–water partition coefficient (Wildman–Crippen LogP) is 20.0. The van der Waals surface area contributed by atoms with Gasteiger partial charge >= 0.3 is 13.8 Å². The second-order valence-corrected chi connectivity index (χ2v) is 25.1. The van der Waals surface area contributed by atoms with Gasteiger partial charge < -0.3 is 19.4 Å². The van der Waals surface area contributed by atoms with Crippen molar-refractivity contribution in [1.82, 2.24) is 5.32 Å². The molecule has 2 N–H and O–H groups in total. The Bertz CT molecular complexity index is 1270. The monoisotopic (exact) mass is 1070 g/mol. The van der Waals surface area contributed by atoms with Crippen LogP contribution in [0, 0.1) is 0 Å². The molecule has 1 amide bonds. The third-order valence-corrected chi connectivity index (χ3v) is 16.0. The van der Waals surface area contributed by atoms with Crippen molar-refractivity contribution < 1.29 is 37.3 Å². The molecule has 0 aliphatic rings. The number of likely N-dealkylation sites (N-methyl/N-ethyl adjacent to an activating group) is 1. The molecule has 0 aromatic rings. The van der Waals surface area contributed by atoms with Gasteiger partial charge in [-0.15, -0.1) is 0 Å². The molecule has 440 valence electrons. The highest BCUT2D eigenvalue weighted by atomic mass is 31.2. The first-order chi connectivity index (χ1) is 35.9. The maximum Gasteiger partial charge on any atom is 0.472 e. The summed E-state index contributed by atoms with van der Waals surface area (Å²) >= 11 is 0. The summed E-state index contributed by atoms with van der Waals surface area (Å²) in [4.78, 5) is 37.7. The molecule has 0 saturated carbocycles. The molecule has 0 aliphatic carbocycles. The number of hydrogen-bond acceptors (Lipinski definition) is 6. The van der Waals surface area contributed by atoms with Gasteiger partial charge in [0.25, 0.3) is 0 Å². The van der Waals surface area contributed by atoms with Crippen LogP contribution in [0.1, 0.15) is 335 Å². The van der Waals surface area contributed by atoms with E-state index in [0.29, 0.717) is 23.9 Å². The molecule has 0 radical (unpaired) electrons. The average molecular weight is 1070 g/mol. The largest absolute Gasteiger partial charge is 0.472 e. The minimum atomic E-state index is -4.44. The summed E-state index contributed by atoms with van der Waals surface area (Å²) in [6.07, 6.45) is 63.5. The minimum absolute atomic E-state index is 0.0458. The Morgan fingerprint density at radius 1 is 0.459 bits per heavy atom. The number of allylic oxidation sites excluding steroid dienone is 1. The third-order valence-electron chi connectivity index (χ3n) is 15.0. The van der Waals surface area contributed by atoms with Gasteiger partial charge in [-0.1, -0.05) is 303 Å². The van der Waals surface area contributed by atoms with Crippen LogP contribution < -0.4 is 5.32 Å². The van der Waals surface area contributed by atoms with E-state index >= 15 is 0 Å². The molecular weight excluding hydrogens is 940 g/mol. The van der Waals surface area contributed by atoms with Crippen LogP contribution >= 0.6 is 7.82 Å². The normalized spacial score (nSPS) is 13.7. The number of nitrogens with zero attached hydrogens (tertiary/aromatic N) is 1. The van der Waals surface area contributed by atoms with Crippen molar-refractivity contribution in [2.45, 2.75) is 348 Å². The molecule has 74 heavy (non-hydrogen) atoms. The smallest absolute Gasteiger partial charge is 0.456 e. The summed E-state index contributed by atoms with van der Waals surface area (Å²) in [6.45, 7) is 7.07. The first kappa shape index (κ1) is 72.8. The van der Waals surface area contributed by atoms with E-state index in [2.05, 4.69) is 26.1 Å². The van der Waals surface area contributed by atoms with Gasteiger partial charge in [0.15, 0.2) is 0 Å². The lowest BCUT2D eigenvalue weighted by atomic mass is 10.0. The molecule has 9 nitrogen and oxygen atoms in total. The number of carbonyl (C=O) groups is 2. The van der Waals surface area contributed by atoms with Crippen molar-refractivity contribution in [3.63, 3.8) is 0 Å². The van der Waals surface area contributed by atoms with Gasteiger partial charge in [0.05, 0.1) is 33.8 Å². The van der Waals surface area contributed by atoms with Crippen LogP contribution in [0.4, 0.5) is 0 Å². The van der Waals surface area contributed by atoms with E-state index in [1.807, 2.05) is 33.3 Å². The van der Waals surface area contributed by atoms with E-state index in [1.54, 1.807) is 0 Å². The Balaban J connectivity index is 5.13. The second kappa shape index (κ2) is 55.1. The quantitative estimate of drug-likeness (QED) is 0.0205. The van der Waals surface area contributed by atoms with E-state index in [1.165, 1.54) is 244 Å². The molecule has 0 aromatic heterocycles. The molecule has 0 spiro atoms. The number of carbonyl (C=O) groups excluding carboxylic acids is 2. The van der Waals surface area contributed by atoms with Crippen LogP contribution in [-0.2, 0) is 27.9 Å². The molecule has 3 unspecified atom stereocenters. The summed E-state index contributed by atoms with van der Waals surface area (Å²) in [6, 6.07) is -0.839. The SMILES string of the molecule is CCCCCCCCCCCC/C=C\C(OC(=O)CCCCCCCCCCCCCCCCCCCCCCC)C(COP(=O)(O)OCC[N+](C)(C)C)NC(=O)CCCCCCCCCCCCCCCCC. The van der Waals surface area contributed by atoms with Crippen molar-refractivity contribution in [3.05, 3.63) is 12.2 Å². The van der Waals surface area contributed by atoms with E-state index in [-0.39, 0.29) is 25.1 Å². The molecule has 0 bridgehead atoms. The van der Waals surface area contributed by atoms with Gasteiger partial charge in [0, 0.05) is 12.8 Å². The number of ether oxygens (including phenoxy) is 1. The lowest BCUT2D eigenvalue weighted by Gasteiger charge is -2.27. The minimum Gasteiger partial charge on any atom is -0.456 e. The maximum atomic E-state index is 13.5. The first-order valence-corrected chi connectivity index (χ1v) is 34.0. The molecule has 0 rings (SSSR count). The highest BCUT2D eigenvalue weighted by Crippen LogP contribution is 2.43. The van der Waals surface area contributed by atoms with E-state index in [9.17, 15) is 19.0 Å². The number of rotatable bonds is 60. The van der Waals surface area contributed by atoms with Gasteiger partial charge in [0.1, 0.15) is 19.3 Å². The molecule has 10 heteroatoms. The van der Waals surface area contributed by atoms with Gasteiger partial charge in [-0.3, -0.25) is 18.6 Å². The maximum absolute atomic E-state index is 13.5. The predicted molar refractivity (Wildman–Crippen MR) is 319 cm³/mol. The summed E-state index contributed by atoms with van der Waals surface area (Å²) in [5.74, 6) is -0.482. The summed E-state index contributed by atoms with van der Waals surface area (Å²) in [5.41, 5.74) is 0. The zero-order valence-electron chi connectivity index (χ0n) is 50.4. The molecule has 0 saturated heterocycles. The van der Waals surface area contributed by atoms with E-state index < -0.39 is 20.0 Å². The first-order valence-electron chi connectivity index (χ1n) is 32.5. The van der Waals surface area contributed by atoms with Gasteiger partial charge in [0.2, 0.25) is 5.91 Å². The Morgan fingerprint density at radius 3 is 1.11 bits per heavy atom. The van der Waals surface area contributed by atoms with Crippen molar-refractivity contribution >= 4 is 19.7 Å². The number of phosphoric ester groups is 1. The van der Waals surface area contributed by atoms with Crippen LogP contribution in [0.25, 0.3) is 0 Å². The number of nitrogens with one attached hydrogen (secondary N) is 1. The van der Waals surface area contributed by atoms with Crippen molar-refractivity contribution in [3.8, 4) is 0 Å². The van der Waals surface area contributed by atoms with Crippen molar-refractivity contribution in [1.29, 1.82) is 0 Å². The second-order valence-electron chi connectivity index (χ2n) is 23.7. The van der Waals surface area contributed by atoms with E-state index in [0.717, 1.165) is 57.8 Å². The molecule has 3 atom stereocenters. The van der Waals surface area contributed by atoms with Gasteiger partial charge in [-0.2, -0.15) is 0 Å². The standard InChI is InChI=1S/C64H127N2O7P/c1-7-10-13-16-19-22-25-28-30-31-32-33-34-35-37-39-42-45-48-51-54-57-64(68)73-62(55-52-49-46-43-40-27-24-21-18-15-12-9-3)61(60-72-74(69,70)71-59-58-66(4,5)6)65-63(67)56-53-50-47-44-41-38-36-29-26-23-20-17-14-11-8-2/h52,55,61-62H,7-51,53-54,56-60H2,1-6H3,(H-,65,67,69,70)/p+1/b55-52-. The Morgan fingerprint density at radius 2 is 0.770 bits per heavy atom. The summed E-state index contributed by atoms with van der Waals surface area (Å²) in [7, 11) is 1.52. The lowest BCUT2D eigenvalue weighted by Crippen LogP contribution is -2.47. The number of hydrogen-bond donors (Lipinski definition) is 2. The van der Waals surface area contributed by atoms with Crippen LogP contribution in [-0.4, -0.2) is 74.3 Å². The number of unbranched alkanes of at least 4 members (excludes halogenated alkanes) is 44. The fourth-order valence-corrected chi connectivity index (χ4v) is 10.7. The fourth-order valence-electron chi connectivity index (χ4n) is 9.94. The Hall–Kier alpha value is -1.25. The number of quaternary nitrogens is 1. The van der Waals surface area contributed by atoms with Crippen molar-refractivity contribution in [2.24, 2.45) is 0 Å². The number of amides is 1. The zero-order valence-corrected chi connectivity index (χ0v) is 51.3. The number of phosphoric acid groups is 1. The molecular formula is C64H128N2O7P+. The summed E-state index contributed by atoms with van der Waals surface area (Å²) in [5, 5.41) is 3.07. The molecule has 0 heterocycles. The summed E-state index contributed by atoms with van der Waals surface area (Å²) < 4.78 is 30.7. The molecule has 0 aliphatic heterocycles. The molecule has 0 fully saturated rings. The van der Waals surface area contributed by atoms with Gasteiger partial charge in [-0.05, 0) is 31.8 Å². The average Bonchev–Trinajstić information content (AvgIpc) is 3.36. The van der Waals surface area contributed by atoms with Crippen LogP contribution in [0.3, 0.4) is 0 Å². The highest BCUT2D eigenvalue weighted by Gasteiger charge is 2.30. The van der Waals surface area contributed by atoms with Crippen LogP contribution in [0.5, 0.6) is 0 Å². The third kappa shape index (κ3) is 55.5. The Labute approximate surface area is 461 Å². The van der Waals surface area contributed by atoms with Crippen LogP contribution in [0.2, 0.25) is 0 Å². The highest BCUT2D eigenvalue weighted by molar-refractivity contribution is 7.47. The van der Waals surface area contributed by atoms with Gasteiger partial charge in [-0.25, -0.2) is 4.57 Å².